The zero-order chi connectivity index (χ0) is 9.84. The van der Waals surface area contributed by atoms with Gasteiger partial charge in [0.05, 0.1) is 0 Å². The summed E-state index contributed by atoms with van der Waals surface area (Å²) in [6, 6.07) is 0.262. The van der Waals surface area contributed by atoms with Crippen LogP contribution in [0.1, 0.15) is 38.2 Å². The molecule has 1 aromatic rings. The molecule has 0 fully saturated rings. The monoisotopic (exact) mass is 184 g/mol. The van der Waals surface area contributed by atoms with Crippen LogP contribution in [0.25, 0.3) is 0 Å². The van der Waals surface area contributed by atoms with Gasteiger partial charge in [-0.2, -0.15) is 0 Å². The van der Waals surface area contributed by atoms with Crippen LogP contribution in [0.3, 0.4) is 0 Å². The average Bonchev–Trinajstić information content (AvgIpc) is 2.52. The SMILES string of the molecule is CC(C)n1cnnc1C(O)CCN. The van der Waals surface area contributed by atoms with Crippen LogP contribution in [-0.2, 0) is 0 Å². The fourth-order valence-corrected chi connectivity index (χ4v) is 1.17. The van der Waals surface area contributed by atoms with Gasteiger partial charge in [0.2, 0.25) is 0 Å². The first-order valence-corrected chi connectivity index (χ1v) is 4.44. The molecule has 1 rings (SSSR count). The summed E-state index contributed by atoms with van der Waals surface area (Å²) in [7, 11) is 0. The van der Waals surface area contributed by atoms with Crippen molar-refractivity contribution in [2.75, 3.05) is 6.54 Å². The maximum atomic E-state index is 9.64. The van der Waals surface area contributed by atoms with E-state index in [1.807, 2.05) is 18.4 Å². The van der Waals surface area contributed by atoms with Crippen molar-refractivity contribution in [2.24, 2.45) is 5.73 Å². The molecule has 0 aliphatic heterocycles. The van der Waals surface area contributed by atoms with E-state index >= 15 is 0 Å². The predicted octanol–water partition coefficient (Wildman–Crippen LogP) is 0.241. The van der Waals surface area contributed by atoms with Crippen LogP contribution in [0, 0.1) is 0 Å². The van der Waals surface area contributed by atoms with Gasteiger partial charge in [0.15, 0.2) is 5.82 Å². The summed E-state index contributed by atoms with van der Waals surface area (Å²) >= 11 is 0. The molecule has 5 heteroatoms. The molecule has 0 aliphatic carbocycles. The summed E-state index contributed by atoms with van der Waals surface area (Å²) in [5, 5.41) is 17.3. The second-order valence-corrected chi connectivity index (χ2v) is 3.28. The molecule has 1 atom stereocenters. The highest BCUT2D eigenvalue weighted by atomic mass is 16.3. The van der Waals surface area contributed by atoms with Gasteiger partial charge in [-0.3, -0.25) is 0 Å². The zero-order valence-electron chi connectivity index (χ0n) is 8.01. The Labute approximate surface area is 77.6 Å². The Kier molecular flexibility index (Phi) is 3.39. The van der Waals surface area contributed by atoms with Crippen molar-refractivity contribution in [1.82, 2.24) is 14.8 Å². The maximum absolute atomic E-state index is 9.64. The Balaban J connectivity index is 2.80. The lowest BCUT2D eigenvalue weighted by Gasteiger charge is -2.13. The largest absolute Gasteiger partial charge is 0.385 e. The van der Waals surface area contributed by atoms with Crippen LogP contribution in [0.4, 0.5) is 0 Å². The average molecular weight is 184 g/mol. The number of aliphatic hydroxyl groups excluding tert-OH is 1. The van der Waals surface area contributed by atoms with Gasteiger partial charge in [0.1, 0.15) is 12.4 Å². The number of nitrogens with zero attached hydrogens (tertiary/aromatic N) is 3. The van der Waals surface area contributed by atoms with Gasteiger partial charge < -0.3 is 15.4 Å². The number of aromatic nitrogens is 3. The number of nitrogens with two attached hydrogens (primary N) is 1. The van der Waals surface area contributed by atoms with Crippen molar-refractivity contribution in [3.05, 3.63) is 12.2 Å². The topological polar surface area (TPSA) is 77.0 Å². The van der Waals surface area contributed by atoms with E-state index in [0.717, 1.165) is 0 Å². The van der Waals surface area contributed by atoms with Crippen molar-refractivity contribution in [1.29, 1.82) is 0 Å². The first kappa shape index (κ1) is 10.1. The first-order valence-electron chi connectivity index (χ1n) is 4.44. The molecule has 0 radical (unpaired) electrons. The van der Waals surface area contributed by atoms with E-state index < -0.39 is 6.10 Å². The van der Waals surface area contributed by atoms with Crippen molar-refractivity contribution in [2.45, 2.75) is 32.4 Å². The van der Waals surface area contributed by atoms with E-state index in [2.05, 4.69) is 10.2 Å². The van der Waals surface area contributed by atoms with Gasteiger partial charge in [-0.25, -0.2) is 0 Å². The van der Waals surface area contributed by atoms with Crippen LogP contribution in [0.2, 0.25) is 0 Å². The summed E-state index contributed by atoms with van der Waals surface area (Å²) in [4.78, 5) is 0. The van der Waals surface area contributed by atoms with E-state index in [4.69, 9.17) is 5.73 Å². The lowest BCUT2D eigenvalue weighted by Crippen LogP contribution is -2.13. The van der Waals surface area contributed by atoms with Gasteiger partial charge in [-0.05, 0) is 26.8 Å². The maximum Gasteiger partial charge on any atom is 0.162 e. The van der Waals surface area contributed by atoms with Crippen molar-refractivity contribution >= 4 is 0 Å². The molecule has 0 bridgehead atoms. The Morgan fingerprint density at radius 2 is 2.31 bits per heavy atom. The van der Waals surface area contributed by atoms with Gasteiger partial charge in [-0.15, -0.1) is 10.2 Å². The number of aliphatic hydroxyl groups is 1. The Bertz CT molecular complexity index is 258. The van der Waals surface area contributed by atoms with Gasteiger partial charge in [-0.1, -0.05) is 0 Å². The van der Waals surface area contributed by atoms with Crippen LogP contribution in [-0.4, -0.2) is 26.4 Å². The molecular formula is C8H16N4O. The summed E-state index contributed by atoms with van der Waals surface area (Å²) in [6.45, 7) is 4.48. The van der Waals surface area contributed by atoms with Crippen molar-refractivity contribution in [3.8, 4) is 0 Å². The van der Waals surface area contributed by atoms with Crippen LogP contribution in [0.5, 0.6) is 0 Å². The fourth-order valence-electron chi connectivity index (χ4n) is 1.17. The molecule has 0 saturated carbocycles. The molecular weight excluding hydrogens is 168 g/mol. The van der Waals surface area contributed by atoms with E-state index in [1.165, 1.54) is 0 Å². The van der Waals surface area contributed by atoms with Crippen molar-refractivity contribution in [3.63, 3.8) is 0 Å². The molecule has 13 heavy (non-hydrogen) atoms. The third-order valence-electron chi connectivity index (χ3n) is 1.90. The molecule has 1 unspecified atom stereocenters. The standard InChI is InChI=1S/C8H16N4O/c1-6(2)12-5-10-11-8(12)7(13)3-4-9/h5-7,13H,3-4,9H2,1-2H3. The molecule has 0 amide bonds. The zero-order valence-corrected chi connectivity index (χ0v) is 8.01. The summed E-state index contributed by atoms with van der Waals surface area (Å²) < 4.78 is 1.85. The third kappa shape index (κ3) is 2.26. The second kappa shape index (κ2) is 4.34. The molecule has 0 spiro atoms. The Hall–Kier alpha value is -0.940. The van der Waals surface area contributed by atoms with E-state index in [9.17, 15) is 5.11 Å². The molecule has 1 heterocycles. The smallest absolute Gasteiger partial charge is 0.162 e. The summed E-state index contributed by atoms with van der Waals surface area (Å²) in [5.74, 6) is 0.598. The Morgan fingerprint density at radius 3 is 2.85 bits per heavy atom. The normalized spacial score (nSPS) is 13.6. The quantitative estimate of drug-likeness (QED) is 0.702. The first-order chi connectivity index (χ1) is 6.16. The molecule has 5 nitrogen and oxygen atoms in total. The lowest BCUT2D eigenvalue weighted by atomic mass is 10.2. The molecule has 1 aromatic heterocycles. The van der Waals surface area contributed by atoms with Gasteiger partial charge in [0.25, 0.3) is 0 Å². The minimum atomic E-state index is -0.602. The molecule has 0 saturated heterocycles. The van der Waals surface area contributed by atoms with Crippen LogP contribution < -0.4 is 5.73 Å². The predicted molar refractivity (Wildman–Crippen MR) is 49.0 cm³/mol. The third-order valence-corrected chi connectivity index (χ3v) is 1.90. The van der Waals surface area contributed by atoms with E-state index in [1.54, 1.807) is 6.33 Å². The Morgan fingerprint density at radius 1 is 1.62 bits per heavy atom. The number of hydrogen-bond acceptors (Lipinski definition) is 4. The highest BCUT2D eigenvalue weighted by Gasteiger charge is 2.15. The molecule has 3 N–H and O–H groups in total. The number of hydrogen-bond donors (Lipinski definition) is 2. The van der Waals surface area contributed by atoms with Crippen molar-refractivity contribution < 1.29 is 5.11 Å². The van der Waals surface area contributed by atoms with Crippen LogP contribution >= 0.6 is 0 Å². The second-order valence-electron chi connectivity index (χ2n) is 3.28. The summed E-state index contributed by atoms with van der Waals surface area (Å²) in [6.07, 6.45) is 1.54. The van der Waals surface area contributed by atoms with E-state index in [0.29, 0.717) is 18.8 Å². The minimum absolute atomic E-state index is 0.262. The molecule has 0 aliphatic rings. The summed E-state index contributed by atoms with van der Waals surface area (Å²) in [5.41, 5.74) is 5.34. The minimum Gasteiger partial charge on any atom is -0.385 e. The lowest BCUT2D eigenvalue weighted by molar-refractivity contribution is 0.153. The van der Waals surface area contributed by atoms with Crippen LogP contribution in [0.15, 0.2) is 6.33 Å². The highest BCUT2D eigenvalue weighted by molar-refractivity contribution is 4.92. The van der Waals surface area contributed by atoms with Gasteiger partial charge >= 0.3 is 0 Å². The molecule has 74 valence electrons. The molecule has 0 aromatic carbocycles. The number of rotatable bonds is 4. The highest BCUT2D eigenvalue weighted by Crippen LogP contribution is 2.16. The van der Waals surface area contributed by atoms with E-state index in [-0.39, 0.29) is 6.04 Å². The van der Waals surface area contributed by atoms with Gasteiger partial charge in [0, 0.05) is 6.04 Å². The fraction of sp³-hybridized carbons (Fsp3) is 0.750.